The van der Waals surface area contributed by atoms with E-state index in [0.29, 0.717) is 24.3 Å². The zero-order valence-electron chi connectivity index (χ0n) is 19.3. The lowest BCUT2D eigenvalue weighted by atomic mass is 10.1. The van der Waals surface area contributed by atoms with E-state index in [-0.39, 0.29) is 16.4 Å². The molecule has 0 aliphatic carbocycles. The fourth-order valence-electron chi connectivity index (χ4n) is 3.38. The van der Waals surface area contributed by atoms with Crippen LogP contribution in [-0.2, 0) is 16.6 Å². The van der Waals surface area contributed by atoms with Crippen molar-refractivity contribution in [2.75, 3.05) is 18.9 Å². The van der Waals surface area contributed by atoms with Crippen LogP contribution in [-0.4, -0.2) is 38.7 Å². The lowest BCUT2D eigenvalue weighted by Gasteiger charge is -2.19. The first-order chi connectivity index (χ1) is 16.3. The molecule has 0 unspecified atom stereocenters. The first kappa shape index (κ1) is 25.1. The van der Waals surface area contributed by atoms with E-state index in [1.165, 1.54) is 24.3 Å². The average Bonchev–Trinajstić information content (AvgIpc) is 2.84. The van der Waals surface area contributed by atoms with Crippen molar-refractivity contribution >= 4 is 27.5 Å². The van der Waals surface area contributed by atoms with E-state index < -0.39 is 15.9 Å². The van der Waals surface area contributed by atoms with Crippen LogP contribution in [0.5, 0.6) is 0 Å². The smallest absolute Gasteiger partial charge is 0.256 e. The van der Waals surface area contributed by atoms with Crippen LogP contribution in [0, 0.1) is 0 Å². The van der Waals surface area contributed by atoms with Gasteiger partial charge in [-0.05, 0) is 42.3 Å². The van der Waals surface area contributed by atoms with Crippen molar-refractivity contribution in [3.05, 3.63) is 95.6 Å². The molecule has 8 heteroatoms. The van der Waals surface area contributed by atoms with Crippen molar-refractivity contribution < 1.29 is 18.0 Å². The standard InChI is InChI=1S/C26H29N3O4S/c1-3-4-17-27-34(32,33)22-14-10-13-21(18-22)25(30)28-24-16-9-8-15-23(24)26(31)29(2)19-20-11-6-5-7-12-20/h5-16,18,27H,3-4,17,19H2,1-2H3,(H,28,30). The van der Waals surface area contributed by atoms with E-state index >= 15 is 0 Å². The number of amides is 2. The molecule has 0 aliphatic rings. The van der Waals surface area contributed by atoms with E-state index in [1.54, 1.807) is 36.2 Å². The number of nitrogens with zero attached hydrogens (tertiary/aromatic N) is 1. The third kappa shape index (κ3) is 6.52. The Labute approximate surface area is 200 Å². The highest BCUT2D eigenvalue weighted by Gasteiger charge is 2.19. The van der Waals surface area contributed by atoms with Gasteiger partial charge in [-0.15, -0.1) is 0 Å². The lowest BCUT2D eigenvalue weighted by Crippen LogP contribution is -2.27. The Hall–Kier alpha value is -3.49. The van der Waals surface area contributed by atoms with Crippen molar-refractivity contribution in [1.82, 2.24) is 9.62 Å². The number of anilines is 1. The van der Waals surface area contributed by atoms with E-state index in [2.05, 4.69) is 10.0 Å². The molecule has 0 aliphatic heterocycles. The zero-order valence-corrected chi connectivity index (χ0v) is 20.1. The molecule has 3 aromatic rings. The summed E-state index contributed by atoms with van der Waals surface area (Å²) in [4.78, 5) is 27.6. The van der Waals surface area contributed by atoms with E-state index in [4.69, 9.17) is 0 Å². The SMILES string of the molecule is CCCCNS(=O)(=O)c1cccc(C(=O)Nc2ccccc2C(=O)N(C)Cc2ccccc2)c1. The second kappa shape index (κ2) is 11.6. The van der Waals surface area contributed by atoms with Crippen molar-refractivity contribution in [3.8, 4) is 0 Å². The maximum atomic E-state index is 13.1. The molecule has 0 atom stereocenters. The average molecular weight is 480 g/mol. The Balaban J connectivity index is 1.77. The monoisotopic (exact) mass is 479 g/mol. The van der Waals surface area contributed by atoms with Crippen LogP contribution in [0.3, 0.4) is 0 Å². The predicted molar refractivity (Wildman–Crippen MR) is 133 cm³/mol. The first-order valence-electron chi connectivity index (χ1n) is 11.1. The van der Waals surface area contributed by atoms with Gasteiger partial charge in [0.1, 0.15) is 0 Å². The molecule has 0 radical (unpaired) electrons. The van der Waals surface area contributed by atoms with Crippen LogP contribution in [0.1, 0.15) is 46.0 Å². The second-order valence-electron chi connectivity index (χ2n) is 7.93. The van der Waals surface area contributed by atoms with Crippen LogP contribution in [0.25, 0.3) is 0 Å². The van der Waals surface area contributed by atoms with Crippen LogP contribution in [0.2, 0.25) is 0 Å². The highest BCUT2D eigenvalue weighted by molar-refractivity contribution is 7.89. The van der Waals surface area contributed by atoms with Gasteiger partial charge in [0, 0.05) is 25.7 Å². The van der Waals surface area contributed by atoms with Crippen LogP contribution < -0.4 is 10.0 Å². The van der Waals surface area contributed by atoms with Gasteiger partial charge >= 0.3 is 0 Å². The molecule has 3 aromatic carbocycles. The number of unbranched alkanes of at least 4 members (excludes halogenated alkanes) is 1. The number of carbonyl (C=O) groups is 2. The van der Waals surface area contributed by atoms with Gasteiger partial charge < -0.3 is 10.2 Å². The summed E-state index contributed by atoms with van der Waals surface area (Å²) in [6, 6.07) is 22.2. The van der Waals surface area contributed by atoms with Gasteiger partial charge in [0.15, 0.2) is 0 Å². The molecule has 0 aromatic heterocycles. The fourth-order valence-corrected chi connectivity index (χ4v) is 4.50. The van der Waals surface area contributed by atoms with Gasteiger partial charge in [0.2, 0.25) is 10.0 Å². The Bertz CT molecular complexity index is 1240. The zero-order chi connectivity index (χ0) is 24.6. The fraction of sp³-hybridized carbons (Fsp3) is 0.231. The quantitative estimate of drug-likeness (QED) is 0.424. The predicted octanol–water partition coefficient (Wildman–Crippen LogP) is 4.29. The number of para-hydroxylation sites is 1. The normalized spacial score (nSPS) is 11.1. The van der Waals surface area contributed by atoms with Crippen LogP contribution >= 0.6 is 0 Å². The summed E-state index contributed by atoms with van der Waals surface area (Å²) in [5.41, 5.74) is 1.87. The molecule has 2 amide bonds. The molecule has 0 bridgehead atoms. The minimum atomic E-state index is -3.71. The molecule has 34 heavy (non-hydrogen) atoms. The first-order valence-corrected chi connectivity index (χ1v) is 12.6. The second-order valence-corrected chi connectivity index (χ2v) is 9.69. The Morgan fingerprint density at radius 3 is 2.35 bits per heavy atom. The Morgan fingerprint density at radius 2 is 1.62 bits per heavy atom. The number of nitrogens with one attached hydrogen (secondary N) is 2. The number of rotatable bonds is 10. The molecule has 0 saturated carbocycles. The van der Waals surface area contributed by atoms with Crippen LogP contribution in [0.4, 0.5) is 5.69 Å². The molecule has 0 spiro atoms. The van der Waals surface area contributed by atoms with E-state index in [9.17, 15) is 18.0 Å². The minimum Gasteiger partial charge on any atom is -0.337 e. The van der Waals surface area contributed by atoms with Crippen molar-refractivity contribution in [2.45, 2.75) is 31.2 Å². The Kier molecular flexibility index (Phi) is 8.56. The third-order valence-electron chi connectivity index (χ3n) is 5.24. The maximum absolute atomic E-state index is 13.1. The third-order valence-corrected chi connectivity index (χ3v) is 6.70. The summed E-state index contributed by atoms with van der Waals surface area (Å²) >= 11 is 0. The molecule has 0 fully saturated rings. The van der Waals surface area contributed by atoms with Crippen LogP contribution in [0.15, 0.2) is 83.8 Å². The summed E-state index contributed by atoms with van der Waals surface area (Å²) in [6.45, 7) is 2.73. The highest BCUT2D eigenvalue weighted by Crippen LogP contribution is 2.20. The number of hydrogen-bond donors (Lipinski definition) is 2. The van der Waals surface area contributed by atoms with Crippen molar-refractivity contribution in [2.24, 2.45) is 0 Å². The van der Waals surface area contributed by atoms with Gasteiger partial charge in [-0.25, -0.2) is 13.1 Å². The molecular formula is C26H29N3O4S. The lowest BCUT2D eigenvalue weighted by molar-refractivity contribution is 0.0786. The van der Waals surface area contributed by atoms with Crippen molar-refractivity contribution in [1.29, 1.82) is 0 Å². The number of sulfonamides is 1. The summed E-state index contributed by atoms with van der Waals surface area (Å²) in [7, 11) is -2.01. The number of benzene rings is 3. The van der Waals surface area contributed by atoms with Gasteiger partial charge in [-0.3, -0.25) is 9.59 Å². The molecule has 0 saturated heterocycles. The maximum Gasteiger partial charge on any atom is 0.256 e. The van der Waals surface area contributed by atoms with Gasteiger partial charge in [-0.2, -0.15) is 0 Å². The van der Waals surface area contributed by atoms with Crippen molar-refractivity contribution in [3.63, 3.8) is 0 Å². The molecule has 0 heterocycles. The Morgan fingerprint density at radius 1 is 0.912 bits per heavy atom. The molecule has 178 valence electrons. The highest BCUT2D eigenvalue weighted by atomic mass is 32.2. The number of carbonyl (C=O) groups excluding carboxylic acids is 2. The van der Waals surface area contributed by atoms with Gasteiger partial charge in [0.05, 0.1) is 16.1 Å². The molecule has 7 nitrogen and oxygen atoms in total. The largest absolute Gasteiger partial charge is 0.337 e. The summed E-state index contributed by atoms with van der Waals surface area (Å²) in [6.07, 6.45) is 1.59. The van der Waals surface area contributed by atoms with Gasteiger partial charge in [-0.1, -0.05) is 61.9 Å². The topological polar surface area (TPSA) is 95.6 Å². The molecule has 3 rings (SSSR count). The van der Waals surface area contributed by atoms with E-state index in [1.807, 2.05) is 37.3 Å². The summed E-state index contributed by atoms with van der Waals surface area (Å²) in [5.74, 6) is -0.743. The molecular weight excluding hydrogens is 450 g/mol. The van der Waals surface area contributed by atoms with E-state index in [0.717, 1.165) is 18.4 Å². The number of hydrogen-bond acceptors (Lipinski definition) is 4. The minimum absolute atomic E-state index is 0.0169. The summed E-state index contributed by atoms with van der Waals surface area (Å²) in [5, 5.41) is 2.76. The summed E-state index contributed by atoms with van der Waals surface area (Å²) < 4.78 is 27.6. The molecule has 2 N–H and O–H groups in total. The van der Waals surface area contributed by atoms with Gasteiger partial charge in [0.25, 0.3) is 11.8 Å².